The highest BCUT2D eigenvalue weighted by molar-refractivity contribution is 6.31. The van der Waals surface area contributed by atoms with Crippen LogP contribution in [-0.2, 0) is 11.3 Å². The van der Waals surface area contributed by atoms with Crippen molar-refractivity contribution in [3.8, 4) is 17.2 Å². The summed E-state index contributed by atoms with van der Waals surface area (Å²) in [6, 6.07) is 11.1. The monoisotopic (exact) mass is 377 g/mol. The molecule has 0 aromatic heterocycles. The maximum Gasteiger partial charge on any atom is 0.220 e. The summed E-state index contributed by atoms with van der Waals surface area (Å²) < 4.78 is 16.1. The molecule has 0 fully saturated rings. The van der Waals surface area contributed by atoms with Crippen molar-refractivity contribution in [3.05, 3.63) is 52.5 Å². The van der Waals surface area contributed by atoms with Gasteiger partial charge in [0.25, 0.3) is 0 Å². The van der Waals surface area contributed by atoms with Gasteiger partial charge in [-0.2, -0.15) is 0 Å². The molecule has 0 aliphatic heterocycles. The molecule has 0 bridgehead atoms. The fraction of sp³-hybridized carbons (Fsp3) is 0.350. The average Bonchev–Trinajstić information content (AvgIpc) is 2.65. The fourth-order valence-electron chi connectivity index (χ4n) is 2.39. The van der Waals surface area contributed by atoms with E-state index in [-0.39, 0.29) is 5.91 Å². The summed E-state index contributed by atoms with van der Waals surface area (Å²) in [6.45, 7) is 2.82. The van der Waals surface area contributed by atoms with Gasteiger partial charge in [0.05, 0.1) is 20.8 Å². The molecule has 26 heavy (non-hydrogen) atoms. The number of methoxy groups -OCH3 is 2. The lowest BCUT2D eigenvalue weighted by molar-refractivity contribution is -0.121. The molecule has 0 saturated heterocycles. The minimum absolute atomic E-state index is 0.0253. The van der Waals surface area contributed by atoms with Gasteiger partial charge in [0.2, 0.25) is 5.91 Å². The number of carbonyl (C=O) groups excluding carboxylic acids is 1. The summed E-state index contributed by atoms with van der Waals surface area (Å²) in [5, 5.41) is 3.61. The molecule has 0 heterocycles. The van der Waals surface area contributed by atoms with Crippen molar-refractivity contribution in [2.45, 2.75) is 26.3 Å². The second-order valence-corrected chi connectivity index (χ2v) is 6.27. The Bertz CT molecular complexity index is 726. The van der Waals surface area contributed by atoms with E-state index in [1.165, 1.54) is 0 Å². The highest BCUT2D eigenvalue weighted by Gasteiger charge is 2.05. The van der Waals surface area contributed by atoms with Crippen LogP contribution in [-0.4, -0.2) is 26.7 Å². The maximum absolute atomic E-state index is 12.0. The summed E-state index contributed by atoms with van der Waals surface area (Å²) >= 11 is 5.98. The van der Waals surface area contributed by atoms with Gasteiger partial charge >= 0.3 is 0 Å². The molecule has 1 N–H and O–H groups in total. The molecule has 0 atom stereocenters. The third-order valence-corrected chi connectivity index (χ3v) is 4.27. The van der Waals surface area contributed by atoms with Crippen LogP contribution in [0.1, 0.15) is 24.0 Å². The van der Waals surface area contributed by atoms with Crippen molar-refractivity contribution < 1.29 is 19.0 Å². The van der Waals surface area contributed by atoms with Crippen LogP contribution in [0.25, 0.3) is 0 Å². The van der Waals surface area contributed by atoms with Crippen LogP contribution in [0.15, 0.2) is 36.4 Å². The number of nitrogens with one attached hydrogen (secondary N) is 1. The molecule has 0 spiro atoms. The number of benzene rings is 2. The minimum atomic E-state index is -0.0253. The average molecular weight is 378 g/mol. The molecule has 6 heteroatoms. The third kappa shape index (κ3) is 6.15. The van der Waals surface area contributed by atoms with Gasteiger partial charge in [-0.1, -0.05) is 11.6 Å². The highest BCUT2D eigenvalue weighted by Crippen LogP contribution is 2.23. The molecule has 2 aromatic carbocycles. The molecule has 0 saturated carbocycles. The maximum atomic E-state index is 12.0. The molecule has 5 nitrogen and oxygen atoms in total. The molecule has 0 aliphatic carbocycles. The van der Waals surface area contributed by atoms with E-state index in [2.05, 4.69) is 5.32 Å². The Morgan fingerprint density at radius 1 is 1.04 bits per heavy atom. The Kier molecular flexibility index (Phi) is 7.60. The van der Waals surface area contributed by atoms with Crippen molar-refractivity contribution in [2.24, 2.45) is 0 Å². The van der Waals surface area contributed by atoms with E-state index in [0.29, 0.717) is 42.5 Å². The number of hydrogen-bond acceptors (Lipinski definition) is 4. The number of aryl methyl sites for hydroxylation is 1. The van der Waals surface area contributed by atoms with Gasteiger partial charge < -0.3 is 19.5 Å². The predicted octanol–water partition coefficient (Wildman–Crippen LogP) is 4.14. The van der Waals surface area contributed by atoms with Crippen LogP contribution >= 0.6 is 11.6 Å². The van der Waals surface area contributed by atoms with Gasteiger partial charge in [-0.05, 0) is 54.8 Å². The van der Waals surface area contributed by atoms with Crippen LogP contribution in [0, 0.1) is 6.92 Å². The van der Waals surface area contributed by atoms with Crippen LogP contribution in [0.3, 0.4) is 0 Å². The van der Waals surface area contributed by atoms with Crippen molar-refractivity contribution in [3.63, 3.8) is 0 Å². The van der Waals surface area contributed by atoms with Gasteiger partial charge in [0.15, 0.2) is 0 Å². The van der Waals surface area contributed by atoms with E-state index in [1.807, 2.05) is 31.2 Å². The molecule has 0 unspecified atom stereocenters. The van der Waals surface area contributed by atoms with Crippen LogP contribution in [0.4, 0.5) is 0 Å². The summed E-state index contributed by atoms with van der Waals surface area (Å²) in [5.41, 5.74) is 1.89. The zero-order valence-corrected chi connectivity index (χ0v) is 16.1. The van der Waals surface area contributed by atoms with Gasteiger partial charge in [-0.25, -0.2) is 0 Å². The quantitative estimate of drug-likeness (QED) is 0.667. The molecule has 2 rings (SSSR count). The first kappa shape index (κ1) is 19.9. The largest absolute Gasteiger partial charge is 0.497 e. The summed E-state index contributed by atoms with van der Waals surface area (Å²) in [5.74, 6) is 2.12. The first-order valence-electron chi connectivity index (χ1n) is 8.39. The normalized spacial score (nSPS) is 10.3. The Balaban J connectivity index is 1.73. The first-order chi connectivity index (χ1) is 12.5. The van der Waals surface area contributed by atoms with E-state index in [1.54, 1.807) is 26.4 Å². The second-order valence-electron chi connectivity index (χ2n) is 5.86. The number of carbonyl (C=O) groups is 1. The van der Waals surface area contributed by atoms with E-state index in [9.17, 15) is 4.79 Å². The molecule has 140 valence electrons. The lowest BCUT2D eigenvalue weighted by Gasteiger charge is -2.10. The number of amides is 1. The predicted molar refractivity (Wildman–Crippen MR) is 102 cm³/mol. The molecular weight excluding hydrogens is 354 g/mol. The zero-order valence-electron chi connectivity index (χ0n) is 15.3. The van der Waals surface area contributed by atoms with Crippen LogP contribution in [0.2, 0.25) is 5.02 Å². The lowest BCUT2D eigenvalue weighted by Crippen LogP contribution is -2.23. The topological polar surface area (TPSA) is 56.8 Å². The van der Waals surface area contributed by atoms with Gasteiger partial charge in [0.1, 0.15) is 17.2 Å². The smallest absolute Gasteiger partial charge is 0.220 e. The summed E-state index contributed by atoms with van der Waals surface area (Å²) in [6.07, 6.45) is 1.03. The second kappa shape index (κ2) is 9.92. The first-order valence-corrected chi connectivity index (χ1v) is 8.77. The van der Waals surface area contributed by atoms with Crippen molar-refractivity contribution >= 4 is 17.5 Å². The number of hydrogen-bond donors (Lipinski definition) is 1. The minimum Gasteiger partial charge on any atom is -0.497 e. The SMILES string of the molecule is COc1cc(CNC(=O)CCCOc2ccc(Cl)c(C)c2)cc(OC)c1. The number of halogens is 1. The van der Waals surface area contributed by atoms with Crippen molar-refractivity contribution in [1.82, 2.24) is 5.32 Å². The molecule has 0 aliphatic rings. The fourth-order valence-corrected chi connectivity index (χ4v) is 2.50. The van der Waals surface area contributed by atoms with Crippen LogP contribution in [0.5, 0.6) is 17.2 Å². The van der Waals surface area contributed by atoms with Gasteiger partial charge in [-0.3, -0.25) is 4.79 Å². The Morgan fingerprint density at radius 3 is 2.35 bits per heavy atom. The van der Waals surface area contributed by atoms with E-state index < -0.39 is 0 Å². The Hall–Kier alpha value is -2.40. The Labute approximate surface area is 159 Å². The van der Waals surface area contributed by atoms with Crippen LogP contribution < -0.4 is 19.5 Å². The van der Waals surface area contributed by atoms with Gasteiger partial charge in [0, 0.05) is 24.1 Å². The standard InChI is InChI=1S/C20H24ClNO4/c1-14-9-16(6-7-19(14)21)26-8-4-5-20(23)22-13-15-10-17(24-2)12-18(11-15)25-3/h6-7,9-12H,4-5,8,13H2,1-3H3,(H,22,23). The molecular formula is C20H24ClNO4. The number of ether oxygens (including phenoxy) is 3. The molecule has 0 radical (unpaired) electrons. The highest BCUT2D eigenvalue weighted by atomic mass is 35.5. The molecule has 1 amide bonds. The summed E-state index contributed by atoms with van der Waals surface area (Å²) in [4.78, 5) is 12.0. The van der Waals surface area contributed by atoms with E-state index >= 15 is 0 Å². The van der Waals surface area contributed by atoms with E-state index in [4.69, 9.17) is 25.8 Å². The van der Waals surface area contributed by atoms with Crippen molar-refractivity contribution in [1.29, 1.82) is 0 Å². The zero-order chi connectivity index (χ0) is 18.9. The third-order valence-electron chi connectivity index (χ3n) is 3.85. The number of rotatable bonds is 9. The van der Waals surface area contributed by atoms with E-state index in [0.717, 1.165) is 16.9 Å². The lowest BCUT2D eigenvalue weighted by atomic mass is 10.2. The Morgan fingerprint density at radius 2 is 1.73 bits per heavy atom. The van der Waals surface area contributed by atoms with Gasteiger partial charge in [-0.15, -0.1) is 0 Å². The molecule has 2 aromatic rings. The van der Waals surface area contributed by atoms with Crippen molar-refractivity contribution in [2.75, 3.05) is 20.8 Å². The summed E-state index contributed by atoms with van der Waals surface area (Å²) in [7, 11) is 3.19.